The van der Waals surface area contributed by atoms with Crippen LogP contribution in [0.1, 0.15) is 35.0 Å². The van der Waals surface area contributed by atoms with E-state index < -0.39 is 6.10 Å². The molecule has 0 bridgehead atoms. The first-order valence-electron chi connectivity index (χ1n) is 8.96. The molecule has 1 aliphatic heterocycles. The SMILES string of the molecule is CCn1cc(CN2CC[C@@H](NC(=O)c3ccccc3)[C@H](O)C2)cc1C#N. The first-order valence-corrected chi connectivity index (χ1v) is 8.96. The van der Waals surface area contributed by atoms with Crippen LogP contribution in [0.5, 0.6) is 0 Å². The van der Waals surface area contributed by atoms with Crippen molar-refractivity contribution in [3.05, 3.63) is 59.4 Å². The van der Waals surface area contributed by atoms with E-state index >= 15 is 0 Å². The summed E-state index contributed by atoms with van der Waals surface area (Å²) in [5.41, 5.74) is 2.34. The van der Waals surface area contributed by atoms with Gasteiger partial charge in [0.1, 0.15) is 11.8 Å². The summed E-state index contributed by atoms with van der Waals surface area (Å²) in [5.74, 6) is -0.151. The fraction of sp³-hybridized carbons (Fsp3) is 0.400. The number of hydrogen-bond acceptors (Lipinski definition) is 4. The second-order valence-corrected chi connectivity index (χ2v) is 6.67. The predicted molar refractivity (Wildman–Crippen MR) is 98.4 cm³/mol. The van der Waals surface area contributed by atoms with Gasteiger partial charge in [0.15, 0.2) is 0 Å². The number of amides is 1. The number of nitrogens with one attached hydrogen (secondary N) is 1. The smallest absolute Gasteiger partial charge is 0.251 e. The lowest BCUT2D eigenvalue weighted by Crippen LogP contribution is -2.53. The first-order chi connectivity index (χ1) is 12.6. The molecule has 6 nitrogen and oxygen atoms in total. The van der Waals surface area contributed by atoms with Crippen molar-refractivity contribution in [2.75, 3.05) is 13.1 Å². The van der Waals surface area contributed by atoms with Gasteiger partial charge in [-0.1, -0.05) is 18.2 Å². The molecule has 2 atom stereocenters. The van der Waals surface area contributed by atoms with E-state index in [9.17, 15) is 9.90 Å². The lowest BCUT2D eigenvalue weighted by Gasteiger charge is -2.36. The fourth-order valence-corrected chi connectivity index (χ4v) is 3.42. The van der Waals surface area contributed by atoms with E-state index in [1.807, 2.05) is 42.0 Å². The molecule has 0 unspecified atom stereocenters. The second-order valence-electron chi connectivity index (χ2n) is 6.67. The molecule has 2 heterocycles. The summed E-state index contributed by atoms with van der Waals surface area (Å²) >= 11 is 0. The molecule has 1 aromatic heterocycles. The Kier molecular flexibility index (Phi) is 5.71. The Morgan fingerprint density at radius 1 is 1.38 bits per heavy atom. The molecule has 0 saturated carbocycles. The molecule has 1 aromatic carbocycles. The van der Waals surface area contributed by atoms with Crippen molar-refractivity contribution in [3.8, 4) is 6.07 Å². The third-order valence-electron chi connectivity index (χ3n) is 4.83. The van der Waals surface area contributed by atoms with Gasteiger partial charge in [0.2, 0.25) is 0 Å². The number of piperidine rings is 1. The Morgan fingerprint density at radius 3 is 2.77 bits per heavy atom. The standard InChI is InChI=1S/C20H24N4O2/c1-2-24-13-15(10-17(24)11-21)12-23-9-8-18(19(25)14-23)22-20(26)16-6-4-3-5-7-16/h3-7,10,13,18-19,25H,2,8-9,12,14H2,1H3,(H,22,26)/t18-,19-/m1/s1. The van der Waals surface area contributed by atoms with Crippen LogP contribution in [0.25, 0.3) is 0 Å². The van der Waals surface area contributed by atoms with Crippen LogP contribution in [0.15, 0.2) is 42.6 Å². The number of carbonyl (C=O) groups is 1. The van der Waals surface area contributed by atoms with Crippen molar-refractivity contribution >= 4 is 5.91 Å². The maximum absolute atomic E-state index is 12.3. The molecule has 1 fully saturated rings. The van der Waals surface area contributed by atoms with Crippen LogP contribution in [-0.4, -0.2) is 45.7 Å². The van der Waals surface area contributed by atoms with Crippen molar-refractivity contribution in [1.29, 1.82) is 5.26 Å². The number of nitriles is 1. The minimum absolute atomic E-state index is 0.151. The van der Waals surface area contributed by atoms with Gasteiger partial charge >= 0.3 is 0 Å². The summed E-state index contributed by atoms with van der Waals surface area (Å²) in [7, 11) is 0. The van der Waals surface area contributed by atoms with Crippen LogP contribution >= 0.6 is 0 Å². The highest BCUT2D eigenvalue weighted by Crippen LogP contribution is 2.17. The maximum Gasteiger partial charge on any atom is 0.251 e. The zero-order chi connectivity index (χ0) is 18.5. The van der Waals surface area contributed by atoms with Crippen LogP contribution in [0.2, 0.25) is 0 Å². The molecule has 0 aliphatic carbocycles. The third kappa shape index (κ3) is 4.13. The summed E-state index contributed by atoms with van der Waals surface area (Å²) in [6.45, 7) is 4.75. The van der Waals surface area contributed by atoms with Gasteiger partial charge in [0.25, 0.3) is 5.91 Å². The molecule has 1 saturated heterocycles. The fourth-order valence-electron chi connectivity index (χ4n) is 3.42. The molecule has 6 heteroatoms. The first kappa shape index (κ1) is 18.2. The Morgan fingerprint density at radius 2 is 2.15 bits per heavy atom. The van der Waals surface area contributed by atoms with E-state index in [0.29, 0.717) is 30.8 Å². The number of aryl methyl sites for hydroxylation is 1. The van der Waals surface area contributed by atoms with Crippen LogP contribution < -0.4 is 5.32 Å². The molecular formula is C20H24N4O2. The van der Waals surface area contributed by atoms with Crippen molar-refractivity contribution in [2.45, 2.75) is 38.6 Å². The van der Waals surface area contributed by atoms with Gasteiger partial charge in [-0.3, -0.25) is 9.69 Å². The molecule has 2 N–H and O–H groups in total. The maximum atomic E-state index is 12.3. The average molecular weight is 352 g/mol. The molecule has 0 spiro atoms. The normalized spacial score (nSPS) is 20.5. The van der Waals surface area contributed by atoms with Crippen LogP contribution in [0, 0.1) is 11.3 Å². The highest BCUT2D eigenvalue weighted by Gasteiger charge is 2.29. The van der Waals surface area contributed by atoms with Gasteiger partial charge in [-0.15, -0.1) is 0 Å². The number of nitrogens with zero attached hydrogens (tertiary/aromatic N) is 3. The van der Waals surface area contributed by atoms with E-state index in [4.69, 9.17) is 5.26 Å². The molecule has 26 heavy (non-hydrogen) atoms. The van der Waals surface area contributed by atoms with E-state index in [1.165, 1.54) is 0 Å². The Balaban J connectivity index is 1.56. The van der Waals surface area contributed by atoms with Gasteiger partial charge in [-0.05, 0) is 37.1 Å². The average Bonchev–Trinajstić information content (AvgIpc) is 3.06. The molecule has 3 rings (SSSR count). The van der Waals surface area contributed by atoms with Crippen molar-refractivity contribution in [2.24, 2.45) is 0 Å². The Labute approximate surface area is 153 Å². The number of rotatable bonds is 5. The van der Waals surface area contributed by atoms with Gasteiger partial charge in [-0.25, -0.2) is 0 Å². The highest BCUT2D eigenvalue weighted by atomic mass is 16.3. The largest absolute Gasteiger partial charge is 0.390 e. The van der Waals surface area contributed by atoms with Crippen molar-refractivity contribution in [1.82, 2.24) is 14.8 Å². The number of aromatic nitrogens is 1. The summed E-state index contributed by atoms with van der Waals surface area (Å²) in [4.78, 5) is 14.4. The second kappa shape index (κ2) is 8.17. The van der Waals surface area contributed by atoms with E-state index in [0.717, 1.165) is 18.7 Å². The van der Waals surface area contributed by atoms with Gasteiger partial charge in [-0.2, -0.15) is 5.26 Å². The lowest BCUT2D eigenvalue weighted by atomic mass is 10.0. The van der Waals surface area contributed by atoms with E-state index in [2.05, 4.69) is 16.3 Å². The van der Waals surface area contributed by atoms with E-state index in [-0.39, 0.29) is 11.9 Å². The summed E-state index contributed by atoms with van der Waals surface area (Å²) in [5, 5.41) is 22.5. The van der Waals surface area contributed by atoms with Crippen LogP contribution in [-0.2, 0) is 13.1 Å². The number of benzene rings is 1. The zero-order valence-electron chi connectivity index (χ0n) is 14.9. The third-order valence-corrected chi connectivity index (χ3v) is 4.83. The number of aliphatic hydroxyl groups is 1. The molecule has 1 amide bonds. The zero-order valence-corrected chi connectivity index (χ0v) is 14.9. The summed E-state index contributed by atoms with van der Waals surface area (Å²) < 4.78 is 1.93. The molecule has 1 aliphatic rings. The molecule has 2 aromatic rings. The summed E-state index contributed by atoms with van der Waals surface area (Å²) in [6.07, 6.45) is 2.08. The minimum atomic E-state index is -0.611. The highest BCUT2D eigenvalue weighted by molar-refractivity contribution is 5.94. The van der Waals surface area contributed by atoms with Crippen molar-refractivity contribution < 1.29 is 9.90 Å². The van der Waals surface area contributed by atoms with Gasteiger partial charge in [0, 0.05) is 37.9 Å². The quantitative estimate of drug-likeness (QED) is 0.859. The molecule has 136 valence electrons. The predicted octanol–water partition coefficient (Wildman–Crippen LogP) is 1.74. The number of likely N-dealkylation sites (tertiary alicyclic amines) is 1. The van der Waals surface area contributed by atoms with E-state index in [1.54, 1.807) is 12.1 Å². The number of hydrogen-bond donors (Lipinski definition) is 2. The lowest BCUT2D eigenvalue weighted by molar-refractivity contribution is 0.0349. The molecular weight excluding hydrogens is 328 g/mol. The van der Waals surface area contributed by atoms with Crippen molar-refractivity contribution in [3.63, 3.8) is 0 Å². The summed E-state index contributed by atoms with van der Waals surface area (Å²) in [6, 6.07) is 12.9. The van der Waals surface area contributed by atoms with Gasteiger partial charge < -0.3 is 15.0 Å². The molecule has 0 radical (unpaired) electrons. The topological polar surface area (TPSA) is 81.3 Å². The number of β-amino-alcohol motifs (C(OH)–C–C–N with tert-alkyl or cyclic N) is 1. The number of aliphatic hydroxyl groups excluding tert-OH is 1. The monoisotopic (exact) mass is 352 g/mol. The number of carbonyl (C=O) groups excluding carboxylic acids is 1. The van der Waals surface area contributed by atoms with Gasteiger partial charge in [0.05, 0.1) is 12.1 Å². The Hall–Kier alpha value is -2.62. The van der Waals surface area contributed by atoms with Crippen LogP contribution in [0.4, 0.5) is 0 Å². The minimum Gasteiger partial charge on any atom is -0.390 e. The Bertz CT molecular complexity index is 794. The van der Waals surface area contributed by atoms with Crippen LogP contribution in [0.3, 0.4) is 0 Å².